The second-order valence-electron chi connectivity index (χ2n) is 9.68. The van der Waals surface area contributed by atoms with Crippen molar-refractivity contribution in [2.75, 3.05) is 31.6 Å². The van der Waals surface area contributed by atoms with E-state index in [0.29, 0.717) is 49.7 Å². The number of nitrogens with one attached hydrogen (secondary N) is 2. The molecular formula is C28H31ClN6O3S. The predicted molar refractivity (Wildman–Crippen MR) is 156 cm³/mol. The van der Waals surface area contributed by atoms with E-state index in [2.05, 4.69) is 31.3 Å². The molecule has 2 saturated heterocycles. The van der Waals surface area contributed by atoms with Crippen LogP contribution < -0.4 is 9.62 Å². The molecule has 1 amide bonds. The number of piperidine rings is 1. The van der Waals surface area contributed by atoms with E-state index in [1.54, 1.807) is 36.2 Å². The second kappa shape index (κ2) is 11.3. The maximum atomic E-state index is 13.1. The number of H-pyrrole nitrogens is 1. The first kappa shape index (κ1) is 27.1. The van der Waals surface area contributed by atoms with Gasteiger partial charge >= 0.3 is 0 Å². The minimum absolute atomic E-state index is 0.0716. The third kappa shape index (κ3) is 5.78. The molecule has 2 fully saturated rings. The molecule has 0 spiro atoms. The van der Waals surface area contributed by atoms with Gasteiger partial charge in [0.25, 0.3) is 0 Å². The van der Waals surface area contributed by atoms with E-state index in [0.717, 1.165) is 34.8 Å². The molecule has 39 heavy (non-hydrogen) atoms. The van der Waals surface area contributed by atoms with Crippen molar-refractivity contribution in [3.05, 3.63) is 65.2 Å². The summed E-state index contributed by atoms with van der Waals surface area (Å²) >= 11 is 6.04. The Morgan fingerprint density at radius 3 is 2.36 bits per heavy atom. The fourth-order valence-electron chi connectivity index (χ4n) is 5.18. The van der Waals surface area contributed by atoms with Gasteiger partial charge in [0, 0.05) is 55.5 Å². The van der Waals surface area contributed by atoms with Crippen LogP contribution in [0.2, 0.25) is 5.02 Å². The topological polar surface area (TPSA) is 110 Å². The molecule has 0 aliphatic carbocycles. The number of anilines is 1. The number of hydrogen-bond donors (Lipinski definition) is 2. The van der Waals surface area contributed by atoms with Crippen LogP contribution in [0.15, 0.2) is 69.5 Å². The Labute approximate surface area is 233 Å². The number of amidine groups is 1. The number of carbonyl (C=O) groups is 1. The molecule has 0 saturated carbocycles. The number of hydrogen-bond acceptors (Lipinski definition) is 5. The summed E-state index contributed by atoms with van der Waals surface area (Å²) in [5.41, 5.74) is 3.42. The highest BCUT2D eigenvalue weighted by Crippen LogP contribution is 2.30. The average molecular weight is 567 g/mol. The molecule has 11 heteroatoms. The van der Waals surface area contributed by atoms with Crippen LogP contribution in [0, 0.1) is 0 Å². The number of aromatic amines is 1. The summed E-state index contributed by atoms with van der Waals surface area (Å²) in [6.07, 6.45) is 2.61. The van der Waals surface area contributed by atoms with Crippen molar-refractivity contribution in [2.45, 2.75) is 36.6 Å². The monoisotopic (exact) mass is 566 g/mol. The van der Waals surface area contributed by atoms with Gasteiger partial charge < -0.3 is 14.8 Å². The van der Waals surface area contributed by atoms with E-state index >= 15 is 0 Å². The van der Waals surface area contributed by atoms with Crippen LogP contribution >= 0.6 is 11.6 Å². The molecule has 0 atom stereocenters. The zero-order chi connectivity index (χ0) is 27.6. The molecule has 3 aromatic rings. The molecule has 2 aliphatic rings. The van der Waals surface area contributed by atoms with Gasteiger partial charge in [-0.25, -0.2) is 18.1 Å². The molecule has 0 unspecified atom stereocenters. The Bertz CT molecular complexity index is 1490. The molecule has 2 N–H and O–H groups in total. The number of likely N-dealkylation sites (tertiary alicyclic amines) is 1. The Morgan fingerprint density at radius 1 is 1.08 bits per heavy atom. The van der Waals surface area contributed by atoms with Crippen molar-refractivity contribution in [1.29, 1.82) is 0 Å². The van der Waals surface area contributed by atoms with Gasteiger partial charge in [0.05, 0.1) is 10.5 Å². The van der Waals surface area contributed by atoms with Crippen LogP contribution in [0.5, 0.6) is 0 Å². The summed E-state index contributed by atoms with van der Waals surface area (Å²) in [5, 5.41) is 0.664. The van der Waals surface area contributed by atoms with Crippen molar-refractivity contribution in [3.63, 3.8) is 0 Å². The largest absolute Gasteiger partial charge is 0.356 e. The Morgan fingerprint density at radius 2 is 1.77 bits per heavy atom. The summed E-state index contributed by atoms with van der Waals surface area (Å²) in [5.74, 6) is 1.48. The first-order valence-corrected chi connectivity index (χ1v) is 14.8. The van der Waals surface area contributed by atoms with Crippen LogP contribution in [0.3, 0.4) is 0 Å². The van der Waals surface area contributed by atoms with Gasteiger partial charge in [0.1, 0.15) is 11.7 Å². The lowest BCUT2D eigenvalue weighted by Gasteiger charge is -2.34. The van der Waals surface area contributed by atoms with Crippen molar-refractivity contribution in [1.82, 2.24) is 14.6 Å². The van der Waals surface area contributed by atoms with E-state index in [9.17, 15) is 13.2 Å². The van der Waals surface area contributed by atoms with Crippen molar-refractivity contribution >= 4 is 51.6 Å². The number of benzene rings is 2. The van der Waals surface area contributed by atoms with Gasteiger partial charge in [-0.1, -0.05) is 23.7 Å². The molecule has 9 nitrogen and oxygen atoms in total. The number of aliphatic imine (C=N–C) groups is 2. The quantitative estimate of drug-likeness (QED) is 0.321. The first-order chi connectivity index (χ1) is 18.8. The van der Waals surface area contributed by atoms with E-state index in [4.69, 9.17) is 11.6 Å². The third-order valence-corrected chi connectivity index (χ3v) is 9.00. The van der Waals surface area contributed by atoms with Gasteiger partial charge in [-0.3, -0.25) is 9.79 Å². The third-order valence-electron chi connectivity index (χ3n) is 7.21. The van der Waals surface area contributed by atoms with Crippen LogP contribution in [0.25, 0.3) is 11.3 Å². The lowest BCUT2D eigenvalue weighted by atomic mass is 10.0. The van der Waals surface area contributed by atoms with E-state index in [-0.39, 0.29) is 16.8 Å². The van der Waals surface area contributed by atoms with Gasteiger partial charge in [0.2, 0.25) is 15.9 Å². The number of amides is 1. The normalized spacial score (nSPS) is 17.2. The fourth-order valence-corrected chi connectivity index (χ4v) is 6.61. The summed E-state index contributed by atoms with van der Waals surface area (Å²) in [6.45, 7) is 5.65. The molecule has 0 bridgehead atoms. The van der Waals surface area contributed by atoms with Crippen LogP contribution in [-0.4, -0.2) is 69.5 Å². The maximum absolute atomic E-state index is 13.1. The Kier molecular flexibility index (Phi) is 7.88. The highest BCUT2D eigenvalue weighted by molar-refractivity contribution is 7.89. The molecule has 0 radical (unpaired) electrons. The van der Waals surface area contributed by atoms with E-state index in [1.165, 1.54) is 0 Å². The van der Waals surface area contributed by atoms with Crippen molar-refractivity contribution in [2.24, 2.45) is 9.98 Å². The predicted octanol–water partition coefficient (Wildman–Crippen LogP) is 4.61. The minimum Gasteiger partial charge on any atom is -0.356 e. The summed E-state index contributed by atoms with van der Waals surface area (Å²) in [6, 6.07) is 15.9. The number of aromatic nitrogens is 1. The molecule has 1 aromatic heterocycles. The standard InChI is InChI=1S/C28H31ClN6O3S/c1-30-27-24(18-25(32-27)19-5-7-20(29)8-6-19)28(31-2)34-16-13-21(14-17-34)33-39(37,38)23-11-9-22(10-12-23)35-15-3-4-26(35)36/h5-12,18,21,32-33H,1,3-4,13-17H2,2H3/b31-28+. The van der Waals surface area contributed by atoms with Crippen LogP contribution in [0.4, 0.5) is 11.5 Å². The van der Waals surface area contributed by atoms with E-state index in [1.807, 2.05) is 30.3 Å². The highest BCUT2D eigenvalue weighted by atomic mass is 35.5. The summed E-state index contributed by atoms with van der Waals surface area (Å²) in [4.78, 5) is 28.1. The second-order valence-corrected chi connectivity index (χ2v) is 11.8. The smallest absolute Gasteiger partial charge is 0.240 e. The summed E-state index contributed by atoms with van der Waals surface area (Å²) in [7, 11) is -1.95. The van der Waals surface area contributed by atoms with Crippen molar-refractivity contribution < 1.29 is 13.2 Å². The van der Waals surface area contributed by atoms with E-state index < -0.39 is 10.0 Å². The van der Waals surface area contributed by atoms with Gasteiger partial charge in [-0.05, 0) is 74.0 Å². The van der Waals surface area contributed by atoms with Crippen LogP contribution in [-0.2, 0) is 14.8 Å². The number of rotatable bonds is 7. The lowest BCUT2D eigenvalue weighted by Crippen LogP contribution is -2.46. The minimum atomic E-state index is -3.69. The maximum Gasteiger partial charge on any atom is 0.240 e. The highest BCUT2D eigenvalue weighted by Gasteiger charge is 2.28. The zero-order valence-electron chi connectivity index (χ0n) is 21.7. The molecular weight excluding hydrogens is 536 g/mol. The molecule has 204 valence electrons. The average Bonchev–Trinajstić information content (AvgIpc) is 3.57. The zero-order valence-corrected chi connectivity index (χ0v) is 23.3. The SMILES string of the molecule is C=Nc1[nH]c(-c2ccc(Cl)cc2)cc1/C(=N\C)N1CCC(NS(=O)(=O)c2ccc(N3CCCC3=O)cc2)CC1. The lowest BCUT2D eigenvalue weighted by molar-refractivity contribution is -0.117. The molecule has 5 rings (SSSR count). The van der Waals surface area contributed by atoms with Gasteiger partial charge in [-0.15, -0.1) is 0 Å². The molecule has 2 aromatic carbocycles. The molecule has 2 aliphatic heterocycles. The number of sulfonamides is 1. The Hall–Kier alpha value is -3.47. The number of carbonyl (C=O) groups excluding carboxylic acids is 1. The van der Waals surface area contributed by atoms with Crippen LogP contribution in [0.1, 0.15) is 31.2 Å². The van der Waals surface area contributed by atoms with Gasteiger partial charge in [-0.2, -0.15) is 0 Å². The first-order valence-electron chi connectivity index (χ1n) is 12.9. The van der Waals surface area contributed by atoms with Crippen molar-refractivity contribution in [3.8, 4) is 11.3 Å². The van der Waals surface area contributed by atoms with Gasteiger partial charge in [0.15, 0.2) is 0 Å². The molecule has 3 heterocycles. The summed E-state index contributed by atoms with van der Waals surface area (Å²) < 4.78 is 29.0. The number of halogens is 1. The fraction of sp³-hybridized carbons (Fsp3) is 0.321. The Balaban J connectivity index is 1.24. The number of nitrogens with zero attached hydrogens (tertiary/aromatic N) is 4.